The molecule has 1 fully saturated rings. The Hall–Kier alpha value is -2.66. The second kappa shape index (κ2) is 11.5. The van der Waals surface area contributed by atoms with Gasteiger partial charge in [0.15, 0.2) is 0 Å². The Morgan fingerprint density at radius 2 is 1.70 bits per heavy atom. The monoisotopic (exact) mass is 407 g/mol. The molecule has 1 saturated carbocycles. The van der Waals surface area contributed by atoms with Gasteiger partial charge in [0.05, 0.1) is 6.42 Å². The van der Waals surface area contributed by atoms with Crippen molar-refractivity contribution in [2.24, 2.45) is 11.7 Å². The number of hydrogen-bond donors (Lipinski definition) is 2. The zero-order chi connectivity index (χ0) is 21.2. The van der Waals surface area contributed by atoms with Crippen molar-refractivity contribution in [3.63, 3.8) is 0 Å². The minimum atomic E-state index is -0.0448. The summed E-state index contributed by atoms with van der Waals surface area (Å²) < 4.78 is 0. The highest BCUT2D eigenvalue weighted by Crippen LogP contribution is 2.26. The van der Waals surface area contributed by atoms with Gasteiger partial charge in [-0.05, 0) is 49.1 Å². The molecule has 0 heterocycles. The van der Waals surface area contributed by atoms with Crippen molar-refractivity contribution in [1.29, 1.82) is 0 Å². The van der Waals surface area contributed by atoms with Crippen molar-refractivity contribution in [2.75, 3.05) is 18.4 Å². The number of carbonyl (C=O) groups is 2. The summed E-state index contributed by atoms with van der Waals surface area (Å²) in [5.41, 5.74) is 8.47. The van der Waals surface area contributed by atoms with Crippen molar-refractivity contribution in [3.05, 3.63) is 65.7 Å². The lowest BCUT2D eigenvalue weighted by atomic mass is 9.88. The molecule has 0 aromatic heterocycles. The minimum absolute atomic E-state index is 0.0448. The first-order valence-electron chi connectivity index (χ1n) is 11.1. The molecule has 0 atom stereocenters. The van der Waals surface area contributed by atoms with Crippen LogP contribution in [0.1, 0.15) is 49.7 Å². The van der Waals surface area contributed by atoms with Gasteiger partial charge in [0, 0.05) is 24.7 Å². The van der Waals surface area contributed by atoms with E-state index >= 15 is 0 Å². The van der Waals surface area contributed by atoms with E-state index in [1.165, 1.54) is 6.42 Å². The predicted octanol–water partition coefficient (Wildman–Crippen LogP) is 4.13. The summed E-state index contributed by atoms with van der Waals surface area (Å²) in [5, 5.41) is 2.98. The van der Waals surface area contributed by atoms with Crippen LogP contribution in [-0.2, 0) is 22.6 Å². The van der Waals surface area contributed by atoms with E-state index in [9.17, 15) is 9.59 Å². The number of benzene rings is 2. The first-order chi connectivity index (χ1) is 14.7. The van der Waals surface area contributed by atoms with Crippen LogP contribution in [0.15, 0.2) is 54.6 Å². The second-order valence-corrected chi connectivity index (χ2v) is 8.15. The second-order valence-electron chi connectivity index (χ2n) is 8.15. The van der Waals surface area contributed by atoms with E-state index in [2.05, 4.69) is 5.32 Å². The average molecular weight is 408 g/mol. The molecular weight excluding hydrogens is 374 g/mol. The fourth-order valence-corrected chi connectivity index (χ4v) is 4.11. The van der Waals surface area contributed by atoms with E-state index < -0.39 is 0 Å². The van der Waals surface area contributed by atoms with Crippen molar-refractivity contribution in [1.82, 2.24) is 4.90 Å². The van der Waals surface area contributed by atoms with Crippen molar-refractivity contribution < 1.29 is 9.59 Å². The lowest BCUT2D eigenvalue weighted by Gasteiger charge is -2.29. The molecule has 5 heteroatoms. The Balaban J connectivity index is 1.63. The summed E-state index contributed by atoms with van der Waals surface area (Å²) in [6.07, 6.45) is 6.65. The number of rotatable bonds is 9. The van der Waals surface area contributed by atoms with Crippen LogP contribution in [0, 0.1) is 5.92 Å². The summed E-state index contributed by atoms with van der Waals surface area (Å²) in [7, 11) is 0. The molecule has 2 amide bonds. The standard InChI is InChI=1S/C25H33N3O2/c26-15-8-16-28(25(30)22-12-5-2-6-13-22)19-21-11-7-14-23(17-21)27-24(29)18-20-9-3-1-4-10-20/h1,3-4,7,9-11,14,17,22H,2,5-6,8,12-13,15-16,18-19,26H2,(H,27,29). The molecule has 0 radical (unpaired) electrons. The first kappa shape index (κ1) is 22.0. The van der Waals surface area contributed by atoms with Crippen LogP contribution in [-0.4, -0.2) is 29.8 Å². The molecule has 30 heavy (non-hydrogen) atoms. The minimum Gasteiger partial charge on any atom is -0.338 e. The summed E-state index contributed by atoms with van der Waals surface area (Å²) in [6.45, 7) is 1.80. The van der Waals surface area contributed by atoms with Gasteiger partial charge in [-0.1, -0.05) is 61.7 Å². The van der Waals surface area contributed by atoms with Gasteiger partial charge in [-0.3, -0.25) is 9.59 Å². The summed E-state index contributed by atoms with van der Waals surface area (Å²) in [6, 6.07) is 17.5. The van der Waals surface area contributed by atoms with Gasteiger partial charge in [0.2, 0.25) is 11.8 Å². The molecular formula is C25H33N3O2. The van der Waals surface area contributed by atoms with E-state index in [-0.39, 0.29) is 17.7 Å². The van der Waals surface area contributed by atoms with Gasteiger partial charge in [-0.2, -0.15) is 0 Å². The number of hydrogen-bond acceptors (Lipinski definition) is 3. The highest BCUT2D eigenvalue weighted by molar-refractivity contribution is 5.92. The molecule has 1 aliphatic rings. The van der Waals surface area contributed by atoms with Gasteiger partial charge >= 0.3 is 0 Å². The number of carbonyl (C=O) groups excluding carboxylic acids is 2. The molecule has 0 saturated heterocycles. The number of nitrogens with zero attached hydrogens (tertiary/aromatic N) is 1. The molecule has 0 unspecified atom stereocenters. The molecule has 2 aromatic carbocycles. The number of nitrogens with two attached hydrogens (primary N) is 1. The number of nitrogens with one attached hydrogen (secondary N) is 1. The van der Waals surface area contributed by atoms with Gasteiger partial charge in [-0.25, -0.2) is 0 Å². The third-order valence-electron chi connectivity index (χ3n) is 5.69. The molecule has 160 valence electrons. The smallest absolute Gasteiger partial charge is 0.228 e. The first-order valence-corrected chi connectivity index (χ1v) is 11.1. The van der Waals surface area contributed by atoms with Crippen molar-refractivity contribution in [3.8, 4) is 0 Å². The summed E-state index contributed by atoms with van der Waals surface area (Å²) >= 11 is 0. The SMILES string of the molecule is NCCCN(Cc1cccc(NC(=O)Cc2ccccc2)c1)C(=O)C1CCCCC1. The number of amides is 2. The lowest BCUT2D eigenvalue weighted by Crippen LogP contribution is -2.38. The van der Waals surface area contributed by atoms with Crippen LogP contribution in [0.5, 0.6) is 0 Å². The molecule has 1 aliphatic carbocycles. The Kier molecular flexibility index (Phi) is 8.45. The van der Waals surface area contributed by atoms with Gasteiger partial charge in [0.1, 0.15) is 0 Å². The van der Waals surface area contributed by atoms with Crippen LogP contribution in [0.3, 0.4) is 0 Å². The molecule has 3 N–H and O–H groups in total. The fourth-order valence-electron chi connectivity index (χ4n) is 4.11. The topological polar surface area (TPSA) is 75.4 Å². The van der Waals surface area contributed by atoms with E-state index in [0.29, 0.717) is 26.1 Å². The van der Waals surface area contributed by atoms with Crippen molar-refractivity contribution in [2.45, 2.75) is 51.5 Å². The van der Waals surface area contributed by atoms with Crippen LogP contribution in [0.2, 0.25) is 0 Å². The number of anilines is 1. The largest absolute Gasteiger partial charge is 0.338 e. The summed E-state index contributed by atoms with van der Waals surface area (Å²) in [5.74, 6) is 0.351. The zero-order valence-electron chi connectivity index (χ0n) is 17.7. The Morgan fingerprint density at radius 1 is 0.967 bits per heavy atom. The molecule has 0 spiro atoms. The van der Waals surface area contributed by atoms with Crippen LogP contribution in [0.4, 0.5) is 5.69 Å². The Bertz CT molecular complexity index is 816. The fraction of sp³-hybridized carbons (Fsp3) is 0.440. The molecule has 0 aliphatic heterocycles. The van der Waals surface area contributed by atoms with Gasteiger partial charge in [0.25, 0.3) is 0 Å². The average Bonchev–Trinajstić information content (AvgIpc) is 2.77. The predicted molar refractivity (Wildman–Crippen MR) is 121 cm³/mol. The van der Waals surface area contributed by atoms with E-state index in [1.807, 2.05) is 59.5 Å². The van der Waals surface area contributed by atoms with Gasteiger partial charge < -0.3 is 16.0 Å². The van der Waals surface area contributed by atoms with Crippen LogP contribution >= 0.6 is 0 Å². The third kappa shape index (κ3) is 6.70. The van der Waals surface area contributed by atoms with Crippen LogP contribution < -0.4 is 11.1 Å². The third-order valence-corrected chi connectivity index (χ3v) is 5.69. The maximum Gasteiger partial charge on any atom is 0.228 e. The molecule has 5 nitrogen and oxygen atoms in total. The molecule has 0 bridgehead atoms. The van der Waals surface area contributed by atoms with Crippen LogP contribution in [0.25, 0.3) is 0 Å². The van der Waals surface area contributed by atoms with Crippen molar-refractivity contribution >= 4 is 17.5 Å². The van der Waals surface area contributed by atoms with E-state index in [0.717, 1.165) is 48.9 Å². The Labute approximate surface area is 179 Å². The Morgan fingerprint density at radius 3 is 2.43 bits per heavy atom. The summed E-state index contributed by atoms with van der Waals surface area (Å²) in [4.78, 5) is 27.4. The highest BCUT2D eigenvalue weighted by Gasteiger charge is 2.25. The molecule has 2 aromatic rings. The van der Waals surface area contributed by atoms with Gasteiger partial charge in [-0.15, -0.1) is 0 Å². The maximum atomic E-state index is 13.1. The lowest BCUT2D eigenvalue weighted by molar-refractivity contribution is -0.137. The van der Waals surface area contributed by atoms with E-state index in [1.54, 1.807) is 0 Å². The zero-order valence-corrected chi connectivity index (χ0v) is 17.7. The van der Waals surface area contributed by atoms with E-state index in [4.69, 9.17) is 5.73 Å². The maximum absolute atomic E-state index is 13.1. The molecule has 3 rings (SSSR count). The normalized spacial score (nSPS) is 14.3. The highest BCUT2D eigenvalue weighted by atomic mass is 16.2. The quantitative estimate of drug-likeness (QED) is 0.656.